The number of nitriles is 1. The van der Waals surface area contributed by atoms with Gasteiger partial charge in [0.15, 0.2) is 6.10 Å². The molecule has 13 heavy (non-hydrogen) atoms. The summed E-state index contributed by atoms with van der Waals surface area (Å²) in [5.74, 6) is 0. The molecular weight excluding hydrogens is 184 g/mol. The van der Waals surface area contributed by atoms with Crippen LogP contribution >= 0.6 is 0 Å². The molecule has 0 bridgehead atoms. The van der Waals surface area contributed by atoms with Crippen molar-refractivity contribution < 1.29 is 17.7 Å². The average Bonchev–Trinajstić information content (AvgIpc) is 2.01. The summed E-state index contributed by atoms with van der Waals surface area (Å²) in [6.45, 7) is -4.29. The minimum Gasteiger partial charge on any atom is -0.448 e. The molecule has 1 aliphatic rings. The summed E-state index contributed by atoms with van der Waals surface area (Å²) in [7, 11) is 0. The Hall–Kier alpha value is -0.735. The molecule has 74 valence electrons. The van der Waals surface area contributed by atoms with Crippen molar-refractivity contribution >= 4 is 6.98 Å². The van der Waals surface area contributed by atoms with Crippen LogP contribution in [0.5, 0.6) is 0 Å². The van der Waals surface area contributed by atoms with Gasteiger partial charge in [0.1, 0.15) is 0 Å². The largest absolute Gasteiger partial charge is 0.492 e. The van der Waals surface area contributed by atoms with Crippen LogP contribution in [-0.4, -0.2) is 44.1 Å². The molecule has 1 rings (SSSR count). The van der Waals surface area contributed by atoms with Crippen molar-refractivity contribution in [3.63, 3.8) is 0 Å². The van der Waals surface area contributed by atoms with Gasteiger partial charge in [-0.25, -0.2) is 0 Å². The molecule has 0 radical (unpaired) electrons. The molecular formula is C6H9BF3N2O-. The highest BCUT2D eigenvalue weighted by Crippen LogP contribution is 2.13. The second-order valence-electron chi connectivity index (χ2n) is 2.96. The summed E-state index contributed by atoms with van der Waals surface area (Å²) < 4.78 is 40.8. The highest BCUT2D eigenvalue weighted by atomic mass is 19.4. The quantitative estimate of drug-likeness (QED) is 0.602. The van der Waals surface area contributed by atoms with Crippen LogP contribution < -0.4 is 0 Å². The average molecular weight is 193 g/mol. The molecule has 0 aromatic carbocycles. The molecule has 0 spiro atoms. The first kappa shape index (κ1) is 10.3. The van der Waals surface area contributed by atoms with Crippen LogP contribution in [0.3, 0.4) is 0 Å². The number of ether oxygens (including phenoxy) is 1. The van der Waals surface area contributed by atoms with Crippen LogP contribution in [0.15, 0.2) is 0 Å². The molecule has 1 aliphatic heterocycles. The predicted molar refractivity (Wildman–Crippen MR) is 40.9 cm³/mol. The monoisotopic (exact) mass is 193 g/mol. The Morgan fingerprint density at radius 1 is 1.54 bits per heavy atom. The Bertz CT molecular complexity index is 215. The third kappa shape index (κ3) is 3.66. The molecule has 0 aliphatic carbocycles. The summed E-state index contributed by atoms with van der Waals surface area (Å²) in [4.78, 5) is 1.21. The lowest BCUT2D eigenvalue weighted by molar-refractivity contribution is 0.00452. The van der Waals surface area contributed by atoms with E-state index in [0.29, 0.717) is 0 Å². The van der Waals surface area contributed by atoms with Gasteiger partial charge in [0.2, 0.25) is 0 Å². The van der Waals surface area contributed by atoms with E-state index in [-0.39, 0.29) is 19.7 Å². The lowest BCUT2D eigenvalue weighted by Gasteiger charge is -2.33. The molecule has 0 saturated carbocycles. The molecule has 0 aromatic rings. The first-order chi connectivity index (χ1) is 6.01. The van der Waals surface area contributed by atoms with Crippen LogP contribution in [-0.2, 0) is 4.74 Å². The van der Waals surface area contributed by atoms with Crippen LogP contribution in [0, 0.1) is 11.3 Å². The summed E-state index contributed by atoms with van der Waals surface area (Å²) >= 11 is 0. The van der Waals surface area contributed by atoms with Crippen LogP contribution in [0.25, 0.3) is 0 Å². The van der Waals surface area contributed by atoms with E-state index in [1.807, 2.05) is 0 Å². The Balaban J connectivity index is 2.40. The van der Waals surface area contributed by atoms with E-state index < -0.39 is 19.5 Å². The van der Waals surface area contributed by atoms with E-state index >= 15 is 0 Å². The van der Waals surface area contributed by atoms with Gasteiger partial charge in [-0.2, -0.15) is 5.26 Å². The minimum absolute atomic E-state index is 0.0533. The maximum atomic E-state index is 12.0. The van der Waals surface area contributed by atoms with Gasteiger partial charge in [0, 0.05) is 13.1 Å². The third-order valence-electron chi connectivity index (χ3n) is 1.76. The number of hydrogen-bond donors (Lipinski definition) is 0. The van der Waals surface area contributed by atoms with Gasteiger partial charge < -0.3 is 22.6 Å². The molecule has 0 aromatic heterocycles. The van der Waals surface area contributed by atoms with Gasteiger partial charge >= 0.3 is 6.98 Å². The Labute approximate surface area is 74.1 Å². The molecule has 7 heteroatoms. The van der Waals surface area contributed by atoms with E-state index in [2.05, 4.69) is 0 Å². The smallest absolute Gasteiger partial charge is 0.448 e. The highest BCUT2D eigenvalue weighted by molar-refractivity contribution is 6.58. The van der Waals surface area contributed by atoms with Gasteiger partial charge in [-0.3, -0.25) is 0 Å². The van der Waals surface area contributed by atoms with Gasteiger partial charge in [-0.1, -0.05) is 0 Å². The molecule has 1 unspecified atom stereocenters. The highest BCUT2D eigenvalue weighted by Gasteiger charge is 2.29. The maximum Gasteiger partial charge on any atom is 0.492 e. The van der Waals surface area contributed by atoms with Crippen molar-refractivity contribution in [1.82, 2.24) is 4.90 Å². The zero-order valence-corrected chi connectivity index (χ0v) is 6.92. The van der Waals surface area contributed by atoms with Crippen molar-refractivity contribution in [3.8, 4) is 6.07 Å². The Morgan fingerprint density at radius 2 is 2.23 bits per heavy atom. The molecule has 1 atom stereocenters. The molecule has 0 amide bonds. The standard InChI is InChI=1S/C6H9BF3N2O/c8-7(9,10)5-12-1-2-13-6(3-11)4-12/h6H,1-2,4-5H2/q-1. The van der Waals surface area contributed by atoms with Crippen LogP contribution in [0.1, 0.15) is 0 Å². The van der Waals surface area contributed by atoms with Crippen LogP contribution in [0.2, 0.25) is 0 Å². The van der Waals surface area contributed by atoms with E-state index in [0.717, 1.165) is 0 Å². The SMILES string of the molecule is N#CC1CN(C[B-](F)(F)F)CCO1. The maximum absolute atomic E-state index is 12.0. The predicted octanol–water partition coefficient (Wildman–Crippen LogP) is 0.597. The van der Waals surface area contributed by atoms with Crippen molar-refractivity contribution in [1.29, 1.82) is 5.26 Å². The van der Waals surface area contributed by atoms with Crippen molar-refractivity contribution in [2.24, 2.45) is 0 Å². The first-order valence-electron chi connectivity index (χ1n) is 3.96. The molecule has 3 nitrogen and oxygen atoms in total. The minimum atomic E-state index is -4.80. The second kappa shape index (κ2) is 3.98. The summed E-state index contributed by atoms with van der Waals surface area (Å²) in [6.07, 6.45) is -1.62. The summed E-state index contributed by atoms with van der Waals surface area (Å²) in [6, 6.07) is 1.80. The second-order valence-corrected chi connectivity index (χ2v) is 2.96. The number of morpholine rings is 1. The fourth-order valence-corrected chi connectivity index (χ4v) is 1.24. The zero-order valence-electron chi connectivity index (χ0n) is 6.92. The fraction of sp³-hybridized carbons (Fsp3) is 0.833. The Morgan fingerprint density at radius 3 is 2.77 bits per heavy atom. The van der Waals surface area contributed by atoms with Gasteiger partial charge in [-0.05, 0) is 6.44 Å². The first-order valence-corrected chi connectivity index (χ1v) is 3.96. The summed E-state index contributed by atoms with van der Waals surface area (Å²) in [5.41, 5.74) is 0. The number of nitrogens with zero attached hydrogens (tertiary/aromatic N) is 2. The van der Waals surface area contributed by atoms with E-state index in [9.17, 15) is 12.9 Å². The molecule has 0 N–H and O–H groups in total. The topological polar surface area (TPSA) is 36.3 Å². The lowest BCUT2D eigenvalue weighted by atomic mass is 9.91. The van der Waals surface area contributed by atoms with Gasteiger partial charge in [0.25, 0.3) is 0 Å². The van der Waals surface area contributed by atoms with Crippen molar-refractivity contribution in [2.75, 3.05) is 26.1 Å². The summed E-state index contributed by atoms with van der Waals surface area (Å²) in [5, 5.41) is 8.43. The fourth-order valence-electron chi connectivity index (χ4n) is 1.24. The lowest BCUT2D eigenvalue weighted by Crippen LogP contribution is -2.47. The molecule has 1 fully saturated rings. The molecule has 1 saturated heterocycles. The van der Waals surface area contributed by atoms with Crippen molar-refractivity contribution in [3.05, 3.63) is 0 Å². The Kier molecular flexibility index (Phi) is 3.17. The van der Waals surface area contributed by atoms with Gasteiger partial charge in [-0.15, -0.1) is 0 Å². The number of rotatable bonds is 2. The molecule has 1 heterocycles. The van der Waals surface area contributed by atoms with E-state index in [1.54, 1.807) is 6.07 Å². The zero-order chi connectivity index (χ0) is 9.90. The van der Waals surface area contributed by atoms with E-state index in [1.165, 1.54) is 4.90 Å². The third-order valence-corrected chi connectivity index (χ3v) is 1.76. The van der Waals surface area contributed by atoms with Crippen molar-refractivity contribution in [2.45, 2.75) is 6.10 Å². The van der Waals surface area contributed by atoms with E-state index in [4.69, 9.17) is 10.00 Å². The normalized spacial score (nSPS) is 25.5. The number of halogens is 3. The van der Waals surface area contributed by atoms with Crippen LogP contribution in [0.4, 0.5) is 12.9 Å². The van der Waals surface area contributed by atoms with Gasteiger partial charge in [0.05, 0.1) is 12.7 Å². The number of hydrogen-bond acceptors (Lipinski definition) is 3.